The molecule has 0 fully saturated rings. The summed E-state index contributed by atoms with van der Waals surface area (Å²) in [7, 11) is 6.85. The first kappa shape index (κ1) is 17.0. The summed E-state index contributed by atoms with van der Waals surface area (Å²) in [5, 5.41) is 10.6. The van der Waals surface area contributed by atoms with Crippen LogP contribution in [0.2, 0.25) is 0 Å². The largest absolute Gasteiger partial charge is 0.493 e. The minimum atomic E-state index is -0.558. The lowest BCUT2D eigenvalue weighted by Crippen LogP contribution is -2.35. The van der Waals surface area contributed by atoms with Gasteiger partial charge in [0.25, 0.3) is 0 Å². The highest BCUT2D eigenvalue weighted by Crippen LogP contribution is 2.53. The molecule has 0 aliphatic carbocycles. The zero-order valence-electron chi connectivity index (χ0n) is 15.4. The Balaban J connectivity index is 1.99. The van der Waals surface area contributed by atoms with E-state index in [0.717, 1.165) is 23.1 Å². The molecule has 138 valence electrons. The highest BCUT2D eigenvalue weighted by atomic mass is 16.5. The fourth-order valence-electron chi connectivity index (χ4n) is 3.99. The number of likely N-dealkylation sites (N-methyl/N-ethyl adjacent to an activating group) is 1. The van der Waals surface area contributed by atoms with E-state index in [-0.39, 0.29) is 6.04 Å². The van der Waals surface area contributed by atoms with E-state index in [1.54, 1.807) is 21.3 Å². The van der Waals surface area contributed by atoms with Gasteiger partial charge in [-0.3, -0.25) is 4.90 Å². The first-order chi connectivity index (χ1) is 12.6. The van der Waals surface area contributed by atoms with E-state index in [4.69, 9.17) is 18.9 Å². The highest BCUT2D eigenvalue weighted by molar-refractivity contribution is 5.63. The van der Waals surface area contributed by atoms with Crippen molar-refractivity contribution in [2.24, 2.45) is 0 Å². The van der Waals surface area contributed by atoms with Gasteiger partial charge in [0.05, 0.1) is 27.4 Å². The van der Waals surface area contributed by atoms with E-state index in [1.807, 2.05) is 31.3 Å². The van der Waals surface area contributed by atoms with Gasteiger partial charge in [-0.05, 0) is 31.2 Å². The molecule has 2 heterocycles. The molecule has 6 nitrogen and oxygen atoms in total. The van der Waals surface area contributed by atoms with Gasteiger partial charge in [0.15, 0.2) is 23.0 Å². The summed E-state index contributed by atoms with van der Waals surface area (Å²) in [5.41, 5.74) is 2.89. The lowest BCUT2D eigenvalue weighted by atomic mass is 9.87. The quantitative estimate of drug-likeness (QED) is 0.911. The second-order valence-corrected chi connectivity index (χ2v) is 6.67. The molecule has 1 N–H and O–H groups in total. The number of nitrogens with zero attached hydrogens (tertiary/aromatic N) is 1. The molecule has 0 bridgehead atoms. The minimum Gasteiger partial charge on any atom is -0.493 e. The highest BCUT2D eigenvalue weighted by Gasteiger charge is 2.38. The first-order valence-electron chi connectivity index (χ1n) is 8.59. The van der Waals surface area contributed by atoms with E-state index in [9.17, 15) is 5.11 Å². The summed E-state index contributed by atoms with van der Waals surface area (Å²) in [6.45, 7) is 0.575. The molecule has 2 aromatic carbocycles. The van der Waals surface area contributed by atoms with Crippen LogP contribution in [0, 0.1) is 0 Å². The van der Waals surface area contributed by atoms with Crippen molar-refractivity contribution < 1.29 is 24.1 Å². The molecule has 0 radical (unpaired) electrons. The van der Waals surface area contributed by atoms with Crippen LogP contribution in [-0.4, -0.2) is 44.9 Å². The average molecular weight is 357 g/mol. The zero-order chi connectivity index (χ0) is 18.4. The molecule has 0 saturated carbocycles. The van der Waals surface area contributed by atoms with Gasteiger partial charge >= 0.3 is 0 Å². The molecule has 0 spiro atoms. The van der Waals surface area contributed by atoms with Gasteiger partial charge in [0, 0.05) is 23.7 Å². The zero-order valence-corrected chi connectivity index (χ0v) is 15.4. The van der Waals surface area contributed by atoms with E-state index < -0.39 is 6.10 Å². The Morgan fingerprint density at radius 2 is 1.73 bits per heavy atom. The first-order valence-corrected chi connectivity index (χ1v) is 8.59. The molecule has 0 aromatic heterocycles. The Labute approximate surface area is 152 Å². The molecular weight excluding hydrogens is 334 g/mol. The summed E-state index contributed by atoms with van der Waals surface area (Å²) in [6.07, 6.45) is 0.184. The van der Waals surface area contributed by atoms with Crippen LogP contribution in [-0.2, 0) is 6.42 Å². The van der Waals surface area contributed by atoms with Gasteiger partial charge in [-0.25, -0.2) is 0 Å². The fourth-order valence-corrected chi connectivity index (χ4v) is 3.99. The van der Waals surface area contributed by atoms with Gasteiger partial charge in [-0.15, -0.1) is 0 Å². The normalized spacial score (nSPS) is 21.1. The van der Waals surface area contributed by atoms with Gasteiger partial charge in [0.1, 0.15) is 0 Å². The smallest absolute Gasteiger partial charge is 0.204 e. The Hall–Kier alpha value is -2.44. The second kappa shape index (κ2) is 6.37. The van der Waals surface area contributed by atoms with Gasteiger partial charge in [-0.1, -0.05) is 12.1 Å². The van der Waals surface area contributed by atoms with Crippen LogP contribution in [0.25, 0.3) is 0 Å². The van der Waals surface area contributed by atoms with Crippen LogP contribution >= 0.6 is 0 Å². The Morgan fingerprint density at radius 3 is 2.42 bits per heavy atom. The maximum atomic E-state index is 10.6. The summed E-state index contributed by atoms with van der Waals surface area (Å²) >= 11 is 0. The number of aliphatic hydroxyl groups excluding tert-OH is 1. The van der Waals surface area contributed by atoms with Crippen LogP contribution in [0.4, 0.5) is 0 Å². The molecular formula is C20H23NO5. The van der Waals surface area contributed by atoms with Crippen molar-refractivity contribution in [2.45, 2.75) is 18.6 Å². The number of hydrogen-bond donors (Lipinski definition) is 1. The van der Waals surface area contributed by atoms with E-state index >= 15 is 0 Å². The summed E-state index contributed by atoms with van der Waals surface area (Å²) in [4.78, 5) is 2.16. The maximum Gasteiger partial charge on any atom is 0.204 e. The molecule has 4 rings (SSSR count). The maximum absolute atomic E-state index is 10.6. The predicted molar refractivity (Wildman–Crippen MR) is 96.6 cm³/mol. The third kappa shape index (κ3) is 2.40. The van der Waals surface area contributed by atoms with Crippen molar-refractivity contribution in [1.82, 2.24) is 4.90 Å². The Bertz CT molecular complexity index is 851. The Morgan fingerprint density at radius 1 is 1.00 bits per heavy atom. The van der Waals surface area contributed by atoms with Crippen LogP contribution in [0.5, 0.6) is 28.7 Å². The van der Waals surface area contributed by atoms with E-state index in [2.05, 4.69) is 4.90 Å². The topological polar surface area (TPSA) is 60.4 Å². The lowest BCUT2D eigenvalue weighted by Gasteiger charge is -2.37. The SMILES string of the molecule is COc1ccc2c(c1OC)Oc1c(OC)ccc3c1C(C2)N(C)CC3O. The van der Waals surface area contributed by atoms with Gasteiger partial charge in [0.2, 0.25) is 5.75 Å². The number of benzene rings is 2. The number of ether oxygens (including phenoxy) is 4. The van der Waals surface area contributed by atoms with Crippen LogP contribution in [0.3, 0.4) is 0 Å². The van der Waals surface area contributed by atoms with E-state index in [0.29, 0.717) is 35.3 Å². The van der Waals surface area contributed by atoms with Crippen molar-refractivity contribution in [3.63, 3.8) is 0 Å². The third-order valence-electron chi connectivity index (χ3n) is 5.30. The standard InChI is InChI=1S/C20H23NO5/c1-21-10-14(22)12-6-8-15(23-2)19-17(12)13(21)9-11-5-7-16(24-3)20(25-4)18(11)26-19/h5-8,13-14,22H,9-10H2,1-4H3. The number of β-amino-alcohol motifs (C(OH)–C–C–N with tert-alkyl or cyclic N) is 1. The van der Waals surface area contributed by atoms with Crippen molar-refractivity contribution >= 4 is 0 Å². The monoisotopic (exact) mass is 357 g/mol. The molecule has 6 heteroatoms. The van der Waals surface area contributed by atoms with Crippen LogP contribution in [0.15, 0.2) is 24.3 Å². The Kier molecular flexibility index (Phi) is 4.17. The van der Waals surface area contributed by atoms with Crippen molar-refractivity contribution in [1.29, 1.82) is 0 Å². The molecule has 0 saturated heterocycles. The number of aliphatic hydroxyl groups is 1. The molecule has 2 aliphatic heterocycles. The van der Waals surface area contributed by atoms with Crippen molar-refractivity contribution in [3.8, 4) is 28.7 Å². The summed E-state index contributed by atoms with van der Waals surface area (Å²) < 4.78 is 22.9. The van der Waals surface area contributed by atoms with Gasteiger partial charge < -0.3 is 24.1 Å². The summed E-state index contributed by atoms with van der Waals surface area (Å²) in [5.74, 6) is 3.08. The molecule has 2 aliphatic rings. The second-order valence-electron chi connectivity index (χ2n) is 6.67. The molecule has 26 heavy (non-hydrogen) atoms. The number of fused-ring (bicyclic) bond motifs is 1. The molecule has 2 unspecified atom stereocenters. The van der Waals surface area contributed by atoms with Crippen LogP contribution in [0.1, 0.15) is 28.8 Å². The molecule has 2 atom stereocenters. The average Bonchev–Trinajstić information content (AvgIpc) is 2.82. The number of methoxy groups -OCH3 is 3. The van der Waals surface area contributed by atoms with Crippen molar-refractivity contribution in [3.05, 3.63) is 41.0 Å². The molecule has 0 amide bonds. The van der Waals surface area contributed by atoms with E-state index in [1.165, 1.54) is 0 Å². The fraction of sp³-hybridized carbons (Fsp3) is 0.400. The van der Waals surface area contributed by atoms with Crippen LogP contribution < -0.4 is 18.9 Å². The number of rotatable bonds is 3. The number of hydrogen-bond acceptors (Lipinski definition) is 6. The third-order valence-corrected chi connectivity index (χ3v) is 5.30. The van der Waals surface area contributed by atoms with Crippen molar-refractivity contribution in [2.75, 3.05) is 34.9 Å². The molecule has 2 aromatic rings. The summed E-state index contributed by atoms with van der Waals surface area (Å²) in [6, 6.07) is 7.76. The minimum absolute atomic E-state index is 0.0813. The predicted octanol–water partition coefficient (Wildman–Crippen LogP) is 3.08. The lowest BCUT2D eigenvalue weighted by molar-refractivity contribution is 0.0832. The van der Waals surface area contributed by atoms with Gasteiger partial charge in [-0.2, -0.15) is 0 Å².